The molecule has 0 unspecified atom stereocenters. The summed E-state index contributed by atoms with van der Waals surface area (Å²) in [5, 5.41) is 8.76. The summed E-state index contributed by atoms with van der Waals surface area (Å²) < 4.78 is 13.9. The van der Waals surface area contributed by atoms with Crippen molar-refractivity contribution in [1.29, 1.82) is 5.26 Å². The molecular weight excluding hydrogens is 251 g/mol. The Hall–Kier alpha value is -1.40. The zero-order valence-corrected chi connectivity index (χ0v) is 12.6. The van der Waals surface area contributed by atoms with Gasteiger partial charge in [0.15, 0.2) is 0 Å². The first kappa shape index (κ1) is 15.0. The molecule has 1 heterocycles. The molecule has 0 bridgehead atoms. The minimum atomic E-state index is -0.234. The molecule has 0 aliphatic carbocycles. The van der Waals surface area contributed by atoms with Crippen molar-refractivity contribution in [2.45, 2.75) is 45.6 Å². The Morgan fingerprint density at radius 2 is 1.95 bits per heavy atom. The number of nitriles is 1. The lowest BCUT2D eigenvalue weighted by atomic mass is 9.88. The van der Waals surface area contributed by atoms with Crippen molar-refractivity contribution >= 4 is 0 Å². The highest BCUT2D eigenvalue weighted by atomic mass is 19.1. The summed E-state index contributed by atoms with van der Waals surface area (Å²) in [5.41, 5.74) is 1.37. The summed E-state index contributed by atoms with van der Waals surface area (Å²) in [6, 6.07) is 6.80. The van der Waals surface area contributed by atoms with E-state index in [2.05, 4.69) is 25.7 Å². The maximum atomic E-state index is 13.9. The number of rotatable bonds is 2. The highest BCUT2D eigenvalue weighted by molar-refractivity contribution is 5.33. The molecule has 1 saturated heterocycles. The van der Waals surface area contributed by atoms with Crippen molar-refractivity contribution in [3.8, 4) is 6.07 Å². The van der Waals surface area contributed by atoms with Crippen LogP contribution < -0.4 is 0 Å². The molecule has 108 valence electrons. The number of halogens is 1. The van der Waals surface area contributed by atoms with E-state index in [0.29, 0.717) is 11.5 Å². The summed E-state index contributed by atoms with van der Waals surface area (Å²) in [7, 11) is 0. The number of nitrogens with zero attached hydrogens (tertiary/aromatic N) is 2. The van der Waals surface area contributed by atoms with Crippen molar-refractivity contribution in [3.63, 3.8) is 0 Å². The van der Waals surface area contributed by atoms with Crippen LogP contribution >= 0.6 is 0 Å². The van der Waals surface area contributed by atoms with Gasteiger partial charge in [0.2, 0.25) is 0 Å². The Bertz CT molecular complexity index is 503. The van der Waals surface area contributed by atoms with Gasteiger partial charge >= 0.3 is 0 Å². The molecule has 1 aromatic carbocycles. The molecule has 1 aliphatic heterocycles. The quantitative estimate of drug-likeness (QED) is 0.821. The Morgan fingerprint density at radius 3 is 2.45 bits per heavy atom. The van der Waals surface area contributed by atoms with Crippen LogP contribution in [-0.2, 0) is 6.42 Å². The van der Waals surface area contributed by atoms with E-state index in [-0.39, 0.29) is 11.4 Å². The lowest BCUT2D eigenvalue weighted by Crippen LogP contribution is -2.46. The number of hydrogen-bond donors (Lipinski definition) is 0. The van der Waals surface area contributed by atoms with Gasteiger partial charge in [-0.05, 0) is 76.7 Å². The van der Waals surface area contributed by atoms with Crippen LogP contribution in [0, 0.1) is 23.1 Å². The molecular formula is C17H23FN2. The highest BCUT2D eigenvalue weighted by Gasteiger charge is 2.27. The van der Waals surface area contributed by atoms with Gasteiger partial charge in [-0.2, -0.15) is 5.26 Å². The van der Waals surface area contributed by atoms with E-state index in [0.717, 1.165) is 37.9 Å². The molecule has 0 atom stereocenters. The van der Waals surface area contributed by atoms with Crippen LogP contribution in [0.5, 0.6) is 0 Å². The first-order chi connectivity index (χ1) is 9.40. The fourth-order valence-corrected chi connectivity index (χ4v) is 2.90. The molecule has 0 aromatic heterocycles. The number of likely N-dealkylation sites (tertiary alicyclic amines) is 1. The number of benzene rings is 1. The highest BCUT2D eigenvalue weighted by Crippen LogP contribution is 2.27. The third-order valence-electron chi connectivity index (χ3n) is 4.25. The predicted octanol–water partition coefficient (Wildman–Crippen LogP) is 3.75. The minimum Gasteiger partial charge on any atom is -0.298 e. The van der Waals surface area contributed by atoms with Crippen molar-refractivity contribution in [2.24, 2.45) is 5.92 Å². The minimum absolute atomic E-state index is 0.227. The van der Waals surface area contributed by atoms with Gasteiger partial charge < -0.3 is 0 Å². The van der Waals surface area contributed by atoms with Crippen molar-refractivity contribution in [3.05, 3.63) is 35.1 Å². The van der Waals surface area contributed by atoms with Crippen LogP contribution in [0.25, 0.3) is 0 Å². The summed E-state index contributed by atoms with van der Waals surface area (Å²) in [6.07, 6.45) is 3.03. The molecule has 0 N–H and O–H groups in total. The second-order valence-electron chi connectivity index (χ2n) is 6.72. The van der Waals surface area contributed by atoms with Crippen LogP contribution in [-0.4, -0.2) is 23.5 Å². The second-order valence-corrected chi connectivity index (χ2v) is 6.72. The summed E-state index contributed by atoms with van der Waals surface area (Å²) in [4.78, 5) is 2.50. The Balaban J connectivity index is 1.95. The van der Waals surface area contributed by atoms with Crippen LogP contribution in [0.15, 0.2) is 18.2 Å². The summed E-state index contributed by atoms with van der Waals surface area (Å²) in [6.45, 7) is 8.91. The lowest BCUT2D eigenvalue weighted by Gasteiger charge is -2.41. The smallest absolute Gasteiger partial charge is 0.127 e. The zero-order valence-electron chi connectivity index (χ0n) is 12.6. The van der Waals surface area contributed by atoms with Gasteiger partial charge in [0.1, 0.15) is 5.82 Å². The van der Waals surface area contributed by atoms with E-state index in [1.807, 2.05) is 6.07 Å². The SMILES string of the molecule is CC(C)(C)N1CCC(Cc2ccc(C#N)cc2F)CC1. The monoisotopic (exact) mass is 274 g/mol. The Kier molecular flexibility index (Phi) is 4.45. The van der Waals surface area contributed by atoms with Gasteiger partial charge in [-0.25, -0.2) is 4.39 Å². The molecule has 0 saturated carbocycles. The Morgan fingerprint density at radius 1 is 1.30 bits per heavy atom. The predicted molar refractivity (Wildman–Crippen MR) is 78.9 cm³/mol. The van der Waals surface area contributed by atoms with Crippen LogP contribution in [0.2, 0.25) is 0 Å². The van der Waals surface area contributed by atoms with E-state index in [4.69, 9.17) is 5.26 Å². The van der Waals surface area contributed by atoms with Gasteiger partial charge in [-0.15, -0.1) is 0 Å². The molecule has 1 aliphatic rings. The molecule has 2 rings (SSSR count). The normalized spacial score (nSPS) is 17.9. The van der Waals surface area contributed by atoms with Gasteiger partial charge in [0.05, 0.1) is 11.6 Å². The molecule has 1 aromatic rings. The van der Waals surface area contributed by atoms with Crippen LogP contribution in [0.4, 0.5) is 4.39 Å². The summed E-state index contributed by atoms with van der Waals surface area (Å²) >= 11 is 0. The van der Waals surface area contributed by atoms with E-state index in [9.17, 15) is 4.39 Å². The average Bonchev–Trinajstić information content (AvgIpc) is 2.40. The van der Waals surface area contributed by atoms with Crippen LogP contribution in [0.3, 0.4) is 0 Å². The third kappa shape index (κ3) is 3.58. The maximum Gasteiger partial charge on any atom is 0.127 e. The third-order valence-corrected chi connectivity index (χ3v) is 4.25. The summed E-state index contributed by atoms with van der Waals surface area (Å²) in [5.74, 6) is 0.318. The van der Waals surface area contributed by atoms with Gasteiger partial charge in [0.25, 0.3) is 0 Å². The Labute approximate surface area is 121 Å². The van der Waals surface area contributed by atoms with E-state index in [1.165, 1.54) is 6.07 Å². The molecule has 1 fully saturated rings. The van der Waals surface area contributed by atoms with E-state index < -0.39 is 0 Å². The first-order valence-corrected chi connectivity index (χ1v) is 7.33. The second kappa shape index (κ2) is 5.93. The number of hydrogen-bond acceptors (Lipinski definition) is 2. The van der Waals surface area contributed by atoms with E-state index >= 15 is 0 Å². The molecule has 2 nitrogen and oxygen atoms in total. The lowest BCUT2D eigenvalue weighted by molar-refractivity contribution is 0.0874. The molecule has 0 radical (unpaired) electrons. The standard InChI is InChI=1S/C17H23FN2/c1-17(2,3)20-8-6-13(7-9-20)10-15-5-4-14(12-19)11-16(15)18/h4-5,11,13H,6-10H2,1-3H3. The number of piperidine rings is 1. The van der Waals surface area contributed by atoms with Crippen molar-refractivity contribution in [2.75, 3.05) is 13.1 Å². The molecule has 0 spiro atoms. The van der Waals surface area contributed by atoms with Crippen molar-refractivity contribution < 1.29 is 4.39 Å². The van der Waals surface area contributed by atoms with Gasteiger partial charge in [0, 0.05) is 5.54 Å². The maximum absolute atomic E-state index is 13.9. The average molecular weight is 274 g/mol. The van der Waals surface area contributed by atoms with Crippen LogP contribution in [0.1, 0.15) is 44.7 Å². The fraction of sp³-hybridized carbons (Fsp3) is 0.588. The zero-order chi connectivity index (χ0) is 14.8. The molecule has 3 heteroatoms. The largest absolute Gasteiger partial charge is 0.298 e. The first-order valence-electron chi connectivity index (χ1n) is 7.33. The fourth-order valence-electron chi connectivity index (χ4n) is 2.90. The topological polar surface area (TPSA) is 27.0 Å². The molecule has 20 heavy (non-hydrogen) atoms. The van der Waals surface area contributed by atoms with Crippen molar-refractivity contribution in [1.82, 2.24) is 4.90 Å². The van der Waals surface area contributed by atoms with E-state index in [1.54, 1.807) is 12.1 Å². The molecule has 0 amide bonds. The van der Waals surface area contributed by atoms with Gasteiger partial charge in [-0.1, -0.05) is 6.07 Å². The van der Waals surface area contributed by atoms with Gasteiger partial charge in [-0.3, -0.25) is 4.90 Å².